The molecule has 7 heteroatoms. The van der Waals surface area contributed by atoms with Crippen molar-refractivity contribution in [2.45, 2.75) is 88.2 Å². The molecule has 1 saturated heterocycles. The molecule has 5 nitrogen and oxygen atoms in total. The van der Waals surface area contributed by atoms with Crippen LogP contribution in [0.25, 0.3) is 0 Å². The maximum absolute atomic E-state index is 12.9. The predicted octanol–water partition coefficient (Wildman–Crippen LogP) is 4.81. The van der Waals surface area contributed by atoms with E-state index in [4.69, 9.17) is 0 Å². The highest BCUT2D eigenvalue weighted by atomic mass is 32.2. The van der Waals surface area contributed by atoms with Gasteiger partial charge in [0.2, 0.25) is 10.0 Å². The van der Waals surface area contributed by atoms with Crippen LogP contribution in [0, 0.1) is 11.8 Å². The third kappa shape index (κ3) is 6.32. The van der Waals surface area contributed by atoms with Crippen LogP contribution in [0.4, 0.5) is 0 Å². The van der Waals surface area contributed by atoms with Gasteiger partial charge in [-0.15, -0.1) is 0 Å². The number of rotatable bonds is 7. The zero-order valence-electron chi connectivity index (χ0n) is 19.3. The summed E-state index contributed by atoms with van der Waals surface area (Å²) in [6.07, 6.45) is 8.98. The maximum atomic E-state index is 12.9. The number of piperidine rings is 1. The number of benzene rings is 1. The van der Waals surface area contributed by atoms with Crippen LogP contribution in [-0.2, 0) is 26.3 Å². The molecule has 1 aromatic rings. The number of aryl methyl sites for hydroxylation is 1. The van der Waals surface area contributed by atoms with Gasteiger partial charge in [-0.3, -0.25) is 0 Å². The van der Waals surface area contributed by atoms with E-state index in [1.54, 1.807) is 31.1 Å². The van der Waals surface area contributed by atoms with Gasteiger partial charge in [0.1, 0.15) is 0 Å². The first-order chi connectivity index (χ1) is 14.5. The van der Waals surface area contributed by atoms with E-state index in [1.165, 1.54) is 0 Å². The summed E-state index contributed by atoms with van der Waals surface area (Å²) >= 11 is 0. The van der Waals surface area contributed by atoms with Crippen molar-refractivity contribution >= 4 is 19.9 Å². The van der Waals surface area contributed by atoms with E-state index in [9.17, 15) is 16.8 Å². The van der Waals surface area contributed by atoms with Crippen molar-refractivity contribution in [3.8, 4) is 0 Å². The van der Waals surface area contributed by atoms with Gasteiger partial charge in [0.05, 0.1) is 15.4 Å². The van der Waals surface area contributed by atoms with Crippen molar-refractivity contribution in [1.82, 2.24) is 4.31 Å². The number of sulfonamides is 1. The maximum Gasteiger partial charge on any atom is 0.243 e. The Bertz CT molecular complexity index is 934. The fraction of sp³-hybridized carbons (Fsp3) is 0.750. The van der Waals surface area contributed by atoms with Crippen molar-refractivity contribution in [2.75, 3.05) is 18.8 Å². The average molecular weight is 470 g/mol. The zero-order chi connectivity index (χ0) is 22.7. The highest BCUT2D eigenvalue weighted by molar-refractivity contribution is 7.92. The van der Waals surface area contributed by atoms with Gasteiger partial charge in [0, 0.05) is 13.1 Å². The van der Waals surface area contributed by atoms with Crippen molar-refractivity contribution < 1.29 is 16.8 Å². The second-order valence-electron chi connectivity index (χ2n) is 10.4. The molecule has 1 heterocycles. The molecule has 176 valence electrons. The monoisotopic (exact) mass is 469 g/mol. The minimum atomic E-state index is -3.39. The first-order valence-electron chi connectivity index (χ1n) is 11.8. The summed E-state index contributed by atoms with van der Waals surface area (Å²) in [5.74, 6) is 1.18. The minimum Gasteiger partial charge on any atom is -0.228 e. The molecule has 0 radical (unpaired) electrons. The normalized spacial score (nSPS) is 24.2. The van der Waals surface area contributed by atoms with Crippen LogP contribution in [0.15, 0.2) is 29.2 Å². The molecule has 0 unspecified atom stereocenters. The lowest BCUT2D eigenvalue weighted by atomic mass is 9.80. The predicted molar refractivity (Wildman–Crippen MR) is 126 cm³/mol. The van der Waals surface area contributed by atoms with Gasteiger partial charge >= 0.3 is 0 Å². The number of hydrogen-bond donors (Lipinski definition) is 0. The van der Waals surface area contributed by atoms with Crippen molar-refractivity contribution in [3.63, 3.8) is 0 Å². The minimum absolute atomic E-state index is 0.276. The molecule has 1 saturated carbocycles. The third-order valence-corrected chi connectivity index (χ3v) is 11.7. The zero-order valence-corrected chi connectivity index (χ0v) is 21.0. The Morgan fingerprint density at radius 2 is 1.52 bits per heavy atom. The summed E-state index contributed by atoms with van der Waals surface area (Å²) in [6.45, 7) is 6.61. The fourth-order valence-electron chi connectivity index (χ4n) is 4.73. The molecule has 1 aliphatic heterocycles. The van der Waals surface area contributed by atoms with Crippen LogP contribution >= 0.6 is 0 Å². The molecule has 0 bridgehead atoms. The third-order valence-electron chi connectivity index (χ3n) is 7.05. The van der Waals surface area contributed by atoms with Crippen LogP contribution < -0.4 is 0 Å². The summed E-state index contributed by atoms with van der Waals surface area (Å²) in [5, 5.41) is 0. The van der Waals surface area contributed by atoms with Gasteiger partial charge in [-0.25, -0.2) is 16.8 Å². The molecule has 31 heavy (non-hydrogen) atoms. The van der Waals surface area contributed by atoms with E-state index in [1.807, 2.05) is 18.2 Å². The molecular formula is C24H39NO4S2. The molecule has 0 aromatic heterocycles. The SMILES string of the molecule is CC(C)(C)S(=O)(=O)CC1CCC(CCc2cccc(S(=O)(=O)N3CCCCC3)c2)CC1. The standard InChI is InChI=1S/C24H39NO4S2/c1-24(2,3)30(26,27)19-22-14-11-20(12-15-22)10-13-21-8-7-9-23(18-21)31(28,29)25-16-5-4-6-17-25/h7-9,18,20,22H,4-6,10-17,19H2,1-3H3. The van der Waals surface area contributed by atoms with E-state index >= 15 is 0 Å². The van der Waals surface area contributed by atoms with Crippen LogP contribution in [-0.4, -0.2) is 44.7 Å². The molecule has 2 fully saturated rings. The smallest absolute Gasteiger partial charge is 0.228 e. The van der Waals surface area contributed by atoms with Gasteiger partial charge in [-0.2, -0.15) is 4.31 Å². The molecule has 0 N–H and O–H groups in total. The summed E-state index contributed by atoms with van der Waals surface area (Å²) in [6, 6.07) is 7.46. The molecule has 0 amide bonds. The highest BCUT2D eigenvalue weighted by Gasteiger charge is 2.33. The Morgan fingerprint density at radius 3 is 2.13 bits per heavy atom. The Balaban J connectivity index is 1.52. The molecule has 1 aliphatic carbocycles. The lowest BCUT2D eigenvalue weighted by Gasteiger charge is -2.30. The lowest BCUT2D eigenvalue weighted by Crippen LogP contribution is -2.35. The molecule has 1 aromatic carbocycles. The second-order valence-corrected chi connectivity index (χ2v) is 15.2. The van der Waals surface area contributed by atoms with Crippen molar-refractivity contribution in [2.24, 2.45) is 11.8 Å². The summed E-state index contributed by atoms with van der Waals surface area (Å²) in [4.78, 5) is 0.419. The van der Waals surface area contributed by atoms with Gasteiger partial charge < -0.3 is 0 Å². The average Bonchev–Trinajstić information content (AvgIpc) is 2.73. The summed E-state index contributed by atoms with van der Waals surface area (Å²) < 4.78 is 51.8. The van der Waals surface area contributed by atoms with E-state index in [0.29, 0.717) is 29.7 Å². The van der Waals surface area contributed by atoms with E-state index in [2.05, 4.69) is 0 Å². The van der Waals surface area contributed by atoms with E-state index in [-0.39, 0.29) is 5.92 Å². The Morgan fingerprint density at radius 1 is 0.903 bits per heavy atom. The lowest BCUT2D eigenvalue weighted by molar-refractivity contribution is 0.278. The molecule has 3 rings (SSSR count). The van der Waals surface area contributed by atoms with E-state index < -0.39 is 24.6 Å². The fourth-order valence-corrected chi connectivity index (χ4v) is 7.78. The van der Waals surface area contributed by atoms with Gasteiger partial charge in [-0.1, -0.05) is 31.4 Å². The highest BCUT2D eigenvalue weighted by Crippen LogP contribution is 2.34. The first-order valence-corrected chi connectivity index (χ1v) is 14.9. The Labute approximate surface area is 189 Å². The quantitative estimate of drug-likeness (QED) is 0.574. The van der Waals surface area contributed by atoms with Crippen LogP contribution in [0.5, 0.6) is 0 Å². The number of hydrogen-bond acceptors (Lipinski definition) is 4. The Hall–Kier alpha value is -0.920. The molecular weight excluding hydrogens is 430 g/mol. The van der Waals surface area contributed by atoms with Crippen LogP contribution in [0.3, 0.4) is 0 Å². The number of sulfone groups is 1. The van der Waals surface area contributed by atoms with Gasteiger partial charge in [0.25, 0.3) is 0 Å². The summed E-state index contributed by atoms with van der Waals surface area (Å²) in [7, 11) is -6.45. The van der Waals surface area contributed by atoms with Gasteiger partial charge in [-0.05, 0) is 88.8 Å². The van der Waals surface area contributed by atoms with Gasteiger partial charge in [0.15, 0.2) is 9.84 Å². The van der Waals surface area contributed by atoms with E-state index in [0.717, 1.165) is 63.4 Å². The van der Waals surface area contributed by atoms with Crippen molar-refractivity contribution in [1.29, 1.82) is 0 Å². The summed E-state index contributed by atoms with van der Waals surface area (Å²) in [5.41, 5.74) is 1.08. The first kappa shape index (κ1) is 24.7. The topological polar surface area (TPSA) is 71.5 Å². The largest absolute Gasteiger partial charge is 0.243 e. The molecule has 0 atom stereocenters. The molecule has 2 aliphatic rings. The number of nitrogens with zero attached hydrogens (tertiary/aromatic N) is 1. The second kappa shape index (κ2) is 9.92. The van der Waals surface area contributed by atoms with Crippen molar-refractivity contribution in [3.05, 3.63) is 29.8 Å². The van der Waals surface area contributed by atoms with Crippen LogP contribution in [0.1, 0.15) is 77.7 Å². The Kier molecular flexibility index (Phi) is 7.91. The molecule has 0 spiro atoms. The van der Waals surface area contributed by atoms with Crippen LogP contribution in [0.2, 0.25) is 0 Å².